The van der Waals surface area contributed by atoms with Crippen LogP contribution in [0.4, 0.5) is 0 Å². The van der Waals surface area contributed by atoms with Crippen molar-refractivity contribution in [3.63, 3.8) is 0 Å². The van der Waals surface area contributed by atoms with Gasteiger partial charge in [0.15, 0.2) is 0 Å². The van der Waals surface area contributed by atoms with Crippen molar-refractivity contribution in [2.75, 3.05) is 0 Å². The van der Waals surface area contributed by atoms with E-state index in [9.17, 15) is 4.79 Å². The monoisotopic (exact) mass is 134 g/mol. The summed E-state index contributed by atoms with van der Waals surface area (Å²) in [6.45, 7) is 1.73. The lowest BCUT2D eigenvalue weighted by Gasteiger charge is -2.02. The quantitative estimate of drug-likeness (QED) is 0.426. The molecule has 0 rings (SSSR count). The minimum Gasteiger partial charge on any atom is -0.393 e. The van der Waals surface area contributed by atoms with Crippen LogP contribution < -0.4 is 0 Å². The van der Waals surface area contributed by atoms with Crippen molar-refractivity contribution < 1.29 is 20.0 Å². The van der Waals surface area contributed by atoms with Gasteiger partial charge in [0.05, 0.1) is 12.5 Å². The molecule has 54 valence electrons. The van der Waals surface area contributed by atoms with E-state index in [2.05, 4.69) is 4.89 Å². The summed E-state index contributed by atoms with van der Waals surface area (Å²) in [5.41, 5.74) is 0. The largest absolute Gasteiger partial charge is 0.393 e. The van der Waals surface area contributed by atoms with Crippen molar-refractivity contribution in [2.45, 2.75) is 25.9 Å². The molecular formula is C5H10O4. The first-order chi connectivity index (χ1) is 4.20. The van der Waals surface area contributed by atoms with E-state index in [1.165, 1.54) is 0 Å². The van der Waals surface area contributed by atoms with Crippen molar-refractivity contribution in [3.8, 4) is 0 Å². The van der Waals surface area contributed by atoms with Gasteiger partial charge in [-0.25, -0.2) is 4.79 Å². The van der Waals surface area contributed by atoms with E-state index in [4.69, 9.17) is 10.4 Å². The van der Waals surface area contributed by atoms with E-state index in [0.29, 0.717) is 6.42 Å². The molecule has 2 N–H and O–H groups in total. The summed E-state index contributed by atoms with van der Waals surface area (Å²) in [6.07, 6.45) is -0.369. The molecule has 9 heavy (non-hydrogen) atoms. The number of aliphatic hydroxyl groups is 1. The zero-order valence-electron chi connectivity index (χ0n) is 5.20. The van der Waals surface area contributed by atoms with Crippen molar-refractivity contribution in [1.82, 2.24) is 0 Å². The Morgan fingerprint density at radius 1 is 1.78 bits per heavy atom. The summed E-state index contributed by atoms with van der Waals surface area (Å²) in [7, 11) is 0. The van der Waals surface area contributed by atoms with Gasteiger partial charge >= 0.3 is 5.97 Å². The summed E-state index contributed by atoms with van der Waals surface area (Å²) < 4.78 is 0. The molecule has 1 unspecified atom stereocenters. The van der Waals surface area contributed by atoms with Gasteiger partial charge in [0.25, 0.3) is 0 Å². The molecule has 0 fully saturated rings. The topological polar surface area (TPSA) is 66.8 Å². The van der Waals surface area contributed by atoms with E-state index in [-0.39, 0.29) is 6.42 Å². The average molecular weight is 134 g/mol. The lowest BCUT2D eigenvalue weighted by molar-refractivity contribution is -0.236. The molecule has 1 atom stereocenters. The van der Waals surface area contributed by atoms with Gasteiger partial charge in [-0.1, -0.05) is 6.92 Å². The molecule has 0 radical (unpaired) electrons. The van der Waals surface area contributed by atoms with Crippen LogP contribution >= 0.6 is 0 Å². The highest BCUT2D eigenvalue weighted by molar-refractivity contribution is 5.69. The van der Waals surface area contributed by atoms with Gasteiger partial charge in [0.1, 0.15) is 0 Å². The molecule has 0 aliphatic carbocycles. The van der Waals surface area contributed by atoms with Crippen molar-refractivity contribution in [2.24, 2.45) is 0 Å². The van der Waals surface area contributed by atoms with Crippen LogP contribution in [0.1, 0.15) is 19.8 Å². The molecule has 0 bridgehead atoms. The van der Waals surface area contributed by atoms with Crippen LogP contribution in [0.5, 0.6) is 0 Å². The second kappa shape index (κ2) is 4.29. The fraction of sp³-hybridized carbons (Fsp3) is 0.800. The number of hydrogen-bond acceptors (Lipinski definition) is 4. The third-order valence-electron chi connectivity index (χ3n) is 0.975. The Bertz CT molecular complexity index is 91.0. The van der Waals surface area contributed by atoms with Crippen LogP contribution in [0.15, 0.2) is 0 Å². The molecule has 0 saturated carbocycles. The third kappa shape index (κ3) is 3.93. The molecule has 0 aromatic rings. The van der Waals surface area contributed by atoms with Crippen molar-refractivity contribution in [1.29, 1.82) is 0 Å². The second-order valence-corrected chi connectivity index (χ2v) is 1.73. The van der Waals surface area contributed by atoms with Crippen LogP contribution in [0, 0.1) is 0 Å². The van der Waals surface area contributed by atoms with Crippen LogP contribution in [-0.2, 0) is 9.68 Å². The number of carbonyl (C=O) groups is 1. The summed E-state index contributed by atoms with van der Waals surface area (Å²) in [5, 5.41) is 16.5. The van der Waals surface area contributed by atoms with Gasteiger partial charge in [0, 0.05) is 0 Å². The number of hydrogen-bond donors (Lipinski definition) is 2. The lowest BCUT2D eigenvalue weighted by Crippen LogP contribution is -2.13. The molecule has 0 aliphatic heterocycles. The van der Waals surface area contributed by atoms with Crippen LogP contribution in [-0.4, -0.2) is 22.4 Å². The van der Waals surface area contributed by atoms with Crippen LogP contribution in [0.3, 0.4) is 0 Å². The molecule has 0 saturated heterocycles. The average Bonchev–Trinajstić information content (AvgIpc) is 1.87. The van der Waals surface area contributed by atoms with E-state index < -0.39 is 12.1 Å². The molecule has 0 heterocycles. The Hall–Kier alpha value is -0.610. The summed E-state index contributed by atoms with van der Waals surface area (Å²) in [4.78, 5) is 13.5. The fourth-order valence-electron chi connectivity index (χ4n) is 0.374. The van der Waals surface area contributed by atoms with Crippen LogP contribution in [0.2, 0.25) is 0 Å². The first kappa shape index (κ1) is 8.39. The predicted octanol–water partition coefficient (Wildman–Crippen LogP) is 0.164. The van der Waals surface area contributed by atoms with Gasteiger partial charge in [-0.2, -0.15) is 5.26 Å². The number of rotatable bonds is 3. The molecule has 4 heteroatoms. The van der Waals surface area contributed by atoms with Crippen molar-refractivity contribution >= 4 is 5.97 Å². The van der Waals surface area contributed by atoms with Gasteiger partial charge in [-0.3, -0.25) is 0 Å². The maximum atomic E-state index is 10.1. The lowest BCUT2D eigenvalue weighted by atomic mass is 10.2. The van der Waals surface area contributed by atoms with Gasteiger partial charge < -0.3 is 9.99 Å². The SMILES string of the molecule is CCC(O)CC(=O)OO. The molecular weight excluding hydrogens is 124 g/mol. The summed E-state index contributed by atoms with van der Waals surface area (Å²) >= 11 is 0. The maximum absolute atomic E-state index is 10.1. The number of aliphatic hydroxyl groups excluding tert-OH is 1. The Kier molecular flexibility index (Phi) is 4.00. The highest BCUT2D eigenvalue weighted by Gasteiger charge is 2.08. The van der Waals surface area contributed by atoms with E-state index >= 15 is 0 Å². The Morgan fingerprint density at radius 3 is 2.67 bits per heavy atom. The van der Waals surface area contributed by atoms with E-state index in [1.54, 1.807) is 6.92 Å². The Balaban J connectivity index is 3.34. The predicted molar refractivity (Wildman–Crippen MR) is 29.6 cm³/mol. The second-order valence-electron chi connectivity index (χ2n) is 1.73. The molecule has 0 amide bonds. The van der Waals surface area contributed by atoms with E-state index in [1.807, 2.05) is 0 Å². The normalized spacial score (nSPS) is 12.8. The first-order valence-electron chi connectivity index (χ1n) is 2.73. The molecule has 0 aromatic carbocycles. The maximum Gasteiger partial charge on any atom is 0.344 e. The summed E-state index contributed by atoms with van der Waals surface area (Å²) in [6, 6.07) is 0. The standard InChI is InChI=1S/C5H10O4/c1-2-4(6)3-5(7)9-8/h4,6,8H,2-3H2,1H3. The smallest absolute Gasteiger partial charge is 0.344 e. The minimum absolute atomic E-state index is 0.146. The Morgan fingerprint density at radius 2 is 2.33 bits per heavy atom. The van der Waals surface area contributed by atoms with Crippen molar-refractivity contribution in [3.05, 3.63) is 0 Å². The van der Waals surface area contributed by atoms with Gasteiger partial charge in [-0.05, 0) is 6.42 Å². The zero-order valence-corrected chi connectivity index (χ0v) is 5.20. The molecule has 4 nitrogen and oxygen atoms in total. The summed E-state index contributed by atoms with van der Waals surface area (Å²) in [5.74, 6) is -0.802. The third-order valence-corrected chi connectivity index (χ3v) is 0.975. The molecule has 0 aromatic heterocycles. The van der Waals surface area contributed by atoms with Gasteiger partial charge in [0.2, 0.25) is 0 Å². The van der Waals surface area contributed by atoms with E-state index in [0.717, 1.165) is 0 Å². The first-order valence-corrected chi connectivity index (χ1v) is 2.73. The highest BCUT2D eigenvalue weighted by Crippen LogP contribution is 1.96. The molecule has 0 aliphatic rings. The van der Waals surface area contributed by atoms with Gasteiger partial charge in [-0.15, -0.1) is 0 Å². The van der Waals surface area contributed by atoms with Crippen LogP contribution in [0.25, 0.3) is 0 Å². The fourth-order valence-corrected chi connectivity index (χ4v) is 0.374. The highest BCUT2D eigenvalue weighted by atomic mass is 17.1. The number of carbonyl (C=O) groups excluding carboxylic acids is 1. The molecule has 0 spiro atoms. The minimum atomic E-state index is -0.802. The zero-order chi connectivity index (χ0) is 7.28. The Labute approximate surface area is 53.0 Å².